The number of benzene rings is 1. The van der Waals surface area contributed by atoms with E-state index in [0.29, 0.717) is 10.7 Å². The summed E-state index contributed by atoms with van der Waals surface area (Å²) < 4.78 is 18.9. The molecule has 0 aliphatic carbocycles. The van der Waals surface area contributed by atoms with E-state index in [-0.39, 0.29) is 24.6 Å². The molecule has 1 atom stereocenters. The summed E-state index contributed by atoms with van der Waals surface area (Å²) in [4.78, 5) is 24.9. The molecule has 2 aliphatic rings. The zero-order valence-electron chi connectivity index (χ0n) is 13.2. The molecule has 0 unspecified atom stereocenters. The molecule has 2 aliphatic heterocycles. The predicted octanol–water partition coefficient (Wildman–Crippen LogP) is 1.41. The molecule has 7 nitrogen and oxygen atoms in total. The first-order chi connectivity index (χ1) is 11.3. The first-order valence-electron chi connectivity index (χ1n) is 7.37. The van der Waals surface area contributed by atoms with Gasteiger partial charge in [-0.1, -0.05) is 11.8 Å². The molecule has 2 heterocycles. The number of nitrogens with two attached hydrogens (primary N) is 1. The van der Waals surface area contributed by atoms with Crippen molar-refractivity contribution in [2.24, 2.45) is 10.8 Å². The maximum Gasteiger partial charge on any atom is 0.414 e. The van der Waals surface area contributed by atoms with Gasteiger partial charge in [0.2, 0.25) is 0 Å². The van der Waals surface area contributed by atoms with Crippen LogP contribution in [-0.4, -0.2) is 41.0 Å². The standard InChI is InChI=1S/C15H17FN4O3S/c1-15(2)13(21)19-18-12(24-15)10-4-3-8(5-11(10)16)20-7-9(6-17)23-14(20)22/h3-5,9H,6-7,17H2,1-2H3,(H,19,21)/t9-/m0/s1. The first kappa shape index (κ1) is 16.7. The largest absolute Gasteiger partial charge is 0.443 e. The Labute approximate surface area is 142 Å². The summed E-state index contributed by atoms with van der Waals surface area (Å²) in [6, 6.07) is 4.40. The molecule has 2 amide bonds. The van der Waals surface area contributed by atoms with Crippen LogP contribution in [0.15, 0.2) is 23.3 Å². The minimum atomic E-state index is -0.741. The molecule has 3 N–H and O–H groups in total. The molecule has 1 saturated heterocycles. The van der Waals surface area contributed by atoms with Crippen LogP contribution in [0.5, 0.6) is 0 Å². The van der Waals surface area contributed by atoms with Gasteiger partial charge in [0, 0.05) is 12.1 Å². The van der Waals surface area contributed by atoms with Gasteiger partial charge in [-0.3, -0.25) is 9.69 Å². The maximum atomic E-state index is 14.5. The van der Waals surface area contributed by atoms with E-state index in [1.807, 2.05) is 0 Å². The molecule has 24 heavy (non-hydrogen) atoms. The van der Waals surface area contributed by atoms with E-state index in [1.165, 1.54) is 28.8 Å². The highest BCUT2D eigenvalue weighted by Gasteiger charge is 2.36. The summed E-state index contributed by atoms with van der Waals surface area (Å²) in [5.41, 5.74) is 8.55. The molecule has 0 bridgehead atoms. The van der Waals surface area contributed by atoms with Crippen LogP contribution in [0.4, 0.5) is 14.9 Å². The number of amides is 2. The summed E-state index contributed by atoms with van der Waals surface area (Å²) in [5, 5.41) is 4.30. The zero-order valence-corrected chi connectivity index (χ0v) is 14.0. The normalized spacial score (nSPS) is 22.9. The van der Waals surface area contributed by atoms with Gasteiger partial charge < -0.3 is 10.5 Å². The molecule has 0 spiro atoms. The molecule has 1 aromatic rings. The fraction of sp³-hybridized carbons (Fsp3) is 0.400. The Morgan fingerprint density at radius 1 is 1.50 bits per heavy atom. The Morgan fingerprint density at radius 2 is 2.25 bits per heavy atom. The molecular weight excluding hydrogens is 335 g/mol. The molecule has 3 rings (SSSR count). The van der Waals surface area contributed by atoms with Crippen molar-refractivity contribution in [3.05, 3.63) is 29.6 Å². The van der Waals surface area contributed by atoms with Gasteiger partial charge in [0.15, 0.2) is 0 Å². The lowest BCUT2D eigenvalue weighted by Gasteiger charge is -2.27. The summed E-state index contributed by atoms with van der Waals surface area (Å²) in [7, 11) is 0. The number of hydrogen-bond donors (Lipinski definition) is 2. The van der Waals surface area contributed by atoms with Gasteiger partial charge in [-0.05, 0) is 32.0 Å². The van der Waals surface area contributed by atoms with Crippen molar-refractivity contribution in [2.75, 3.05) is 18.0 Å². The lowest BCUT2D eigenvalue weighted by molar-refractivity contribution is -0.122. The molecule has 0 aromatic heterocycles. The molecule has 9 heteroatoms. The summed E-state index contributed by atoms with van der Waals surface area (Å²) in [6.07, 6.45) is -0.940. The van der Waals surface area contributed by atoms with Gasteiger partial charge in [-0.2, -0.15) is 5.10 Å². The predicted molar refractivity (Wildman–Crippen MR) is 89.4 cm³/mol. The summed E-state index contributed by atoms with van der Waals surface area (Å²) >= 11 is 1.18. The van der Waals surface area contributed by atoms with Crippen LogP contribution < -0.4 is 16.1 Å². The number of carbonyl (C=O) groups excluding carboxylic acids is 2. The minimum Gasteiger partial charge on any atom is -0.443 e. The Kier molecular flexibility index (Phi) is 4.22. The van der Waals surface area contributed by atoms with Crippen molar-refractivity contribution in [3.63, 3.8) is 0 Å². The number of anilines is 1. The third-order valence-electron chi connectivity index (χ3n) is 3.79. The van der Waals surface area contributed by atoms with Crippen molar-refractivity contribution in [2.45, 2.75) is 24.7 Å². The second-order valence-corrected chi connectivity index (χ2v) is 7.60. The highest BCUT2D eigenvalue weighted by molar-refractivity contribution is 8.16. The summed E-state index contributed by atoms with van der Waals surface area (Å²) in [6.45, 7) is 3.97. The van der Waals surface area contributed by atoms with Gasteiger partial charge >= 0.3 is 6.09 Å². The third kappa shape index (κ3) is 2.96. The maximum absolute atomic E-state index is 14.5. The van der Waals surface area contributed by atoms with Crippen molar-refractivity contribution < 1.29 is 18.7 Å². The van der Waals surface area contributed by atoms with E-state index in [2.05, 4.69) is 10.5 Å². The number of hydrazone groups is 1. The first-order valence-corrected chi connectivity index (χ1v) is 8.19. The van der Waals surface area contributed by atoms with E-state index < -0.39 is 22.8 Å². The Bertz CT molecular complexity index is 737. The molecule has 1 aromatic carbocycles. The van der Waals surface area contributed by atoms with E-state index in [9.17, 15) is 14.0 Å². The lowest BCUT2D eigenvalue weighted by Crippen LogP contribution is -2.42. The van der Waals surface area contributed by atoms with Gasteiger partial charge in [-0.25, -0.2) is 14.6 Å². The Hall–Kier alpha value is -2.13. The monoisotopic (exact) mass is 352 g/mol. The topological polar surface area (TPSA) is 97.0 Å². The zero-order chi connectivity index (χ0) is 17.5. The van der Waals surface area contributed by atoms with Gasteiger partial charge in [-0.15, -0.1) is 0 Å². The van der Waals surface area contributed by atoms with E-state index in [4.69, 9.17) is 10.5 Å². The third-order valence-corrected chi connectivity index (χ3v) is 4.99. The minimum absolute atomic E-state index is 0.213. The molecule has 1 fully saturated rings. The van der Waals surface area contributed by atoms with Crippen molar-refractivity contribution in [3.8, 4) is 0 Å². The van der Waals surface area contributed by atoms with Crippen LogP contribution in [0.1, 0.15) is 19.4 Å². The quantitative estimate of drug-likeness (QED) is 0.857. The fourth-order valence-electron chi connectivity index (χ4n) is 2.36. The smallest absolute Gasteiger partial charge is 0.414 e. The van der Waals surface area contributed by atoms with Gasteiger partial charge in [0.05, 0.1) is 17.0 Å². The number of nitrogens with one attached hydrogen (secondary N) is 1. The highest BCUT2D eigenvalue weighted by atomic mass is 32.2. The number of halogens is 1. The van der Waals surface area contributed by atoms with Crippen molar-refractivity contribution in [1.29, 1.82) is 0 Å². The van der Waals surface area contributed by atoms with Crippen molar-refractivity contribution >= 4 is 34.5 Å². The van der Waals surface area contributed by atoms with E-state index in [1.54, 1.807) is 19.9 Å². The average molecular weight is 352 g/mol. The van der Waals surface area contributed by atoms with E-state index in [0.717, 1.165) is 0 Å². The van der Waals surface area contributed by atoms with Crippen LogP contribution in [0.25, 0.3) is 0 Å². The average Bonchev–Trinajstić information content (AvgIpc) is 2.91. The van der Waals surface area contributed by atoms with Crippen LogP contribution in [0.3, 0.4) is 0 Å². The molecular formula is C15H17FN4O3S. The second-order valence-electron chi connectivity index (χ2n) is 5.99. The molecule has 0 radical (unpaired) electrons. The molecule has 128 valence electrons. The number of thioether (sulfide) groups is 1. The Morgan fingerprint density at radius 3 is 2.83 bits per heavy atom. The summed E-state index contributed by atoms with van der Waals surface area (Å²) in [5.74, 6) is -0.768. The molecule has 0 saturated carbocycles. The Balaban J connectivity index is 1.86. The number of rotatable bonds is 3. The van der Waals surface area contributed by atoms with Gasteiger partial charge in [0.25, 0.3) is 5.91 Å². The van der Waals surface area contributed by atoms with Crippen LogP contribution >= 0.6 is 11.8 Å². The fourth-order valence-corrected chi connectivity index (χ4v) is 3.35. The van der Waals surface area contributed by atoms with Gasteiger partial charge in [0.1, 0.15) is 17.0 Å². The number of ether oxygens (including phenoxy) is 1. The SMILES string of the molecule is CC1(C)SC(c2ccc(N3C[C@H](CN)OC3=O)cc2F)=NNC1=O. The second kappa shape index (κ2) is 6.06. The van der Waals surface area contributed by atoms with Crippen LogP contribution in [-0.2, 0) is 9.53 Å². The van der Waals surface area contributed by atoms with Crippen molar-refractivity contribution in [1.82, 2.24) is 5.43 Å². The number of carbonyl (C=O) groups is 2. The number of hydrogen-bond acceptors (Lipinski definition) is 6. The van der Waals surface area contributed by atoms with Crippen LogP contribution in [0.2, 0.25) is 0 Å². The van der Waals surface area contributed by atoms with Crippen LogP contribution in [0, 0.1) is 5.82 Å². The number of nitrogens with zero attached hydrogens (tertiary/aromatic N) is 2. The number of cyclic esters (lactones) is 1. The van der Waals surface area contributed by atoms with E-state index >= 15 is 0 Å². The highest BCUT2D eigenvalue weighted by Crippen LogP contribution is 2.33. The lowest BCUT2D eigenvalue weighted by atomic mass is 10.2.